The summed E-state index contributed by atoms with van der Waals surface area (Å²) in [5, 5.41) is 13.5. The minimum Gasteiger partial charge on any atom is -0.380 e. The molecule has 5 aromatic rings. The third-order valence-electron chi connectivity index (χ3n) is 8.87. The number of aromatic nitrogens is 2. The molecule has 0 spiro atoms. The minimum atomic E-state index is 0.355. The molecule has 4 N–H and O–H groups in total. The lowest BCUT2D eigenvalue weighted by molar-refractivity contribution is 0.521. The van der Waals surface area contributed by atoms with Crippen molar-refractivity contribution in [2.75, 3.05) is 18.4 Å². The Balaban J connectivity index is 1.06. The second-order valence-corrected chi connectivity index (χ2v) is 11.3. The van der Waals surface area contributed by atoms with E-state index < -0.39 is 0 Å². The second-order valence-electron chi connectivity index (χ2n) is 11.3. The zero-order valence-corrected chi connectivity index (χ0v) is 21.6. The average molecular weight is 500 g/mol. The van der Waals surface area contributed by atoms with Crippen LogP contribution in [0.4, 0.5) is 5.69 Å². The average Bonchev–Trinajstić information content (AvgIpc) is 3.77. The van der Waals surface area contributed by atoms with E-state index in [1.54, 1.807) is 0 Å². The first-order valence-corrected chi connectivity index (χ1v) is 14.2. The number of H-pyrrole nitrogens is 1. The molecule has 3 aliphatic heterocycles. The van der Waals surface area contributed by atoms with Crippen molar-refractivity contribution in [2.24, 2.45) is 0 Å². The van der Waals surface area contributed by atoms with Gasteiger partial charge >= 0.3 is 0 Å². The Bertz CT molecular complexity index is 1660. The molecule has 0 bridgehead atoms. The fourth-order valence-corrected chi connectivity index (χ4v) is 6.75. The molecule has 2 fully saturated rings. The van der Waals surface area contributed by atoms with Crippen molar-refractivity contribution < 1.29 is 0 Å². The quantitative estimate of drug-likeness (QED) is 0.226. The van der Waals surface area contributed by atoms with E-state index in [1.807, 2.05) is 0 Å². The first-order valence-electron chi connectivity index (χ1n) is 14.2. The molecule has 4 aromatic carbocycles. The Morgan fingerprint density at radius 3 is 2.13 bits per heavy atom. The van der Waals surface area contributed by atoms with Gasteiger partial charge in [-0.25, -0.2) is 4.98 Å². The van der Waals surface area contributed by atoms with Crippen molar-refractivity contribution >= 4 is 27.5 Å². The number of anilines is 1. The molecule has 0 amide bonds. The molecule has 5 nitrogen and oxygen atoms in total. The zero-order valence-electron chi connectivity index (χ0n) is 21.6. The summed E-state index contributed by atoms with van der Waals surface area (Å²) in [6.45, 7) is 2.23. The summed E-state index contributed by atoms with van der Waals surface area (Å²) in [5.41, 5.74) is 9.89. The lowest BCUT2D eigenvalue weighted by atomic mass is 9.96. The van der Waals surface area contributed by atoms with E-state index in [1.165, 1.54) is 63.5 Å². The van der Waals surface area contributed by atoms with Gasteiger partial charge in [0.2, 0.25) is 0 Å². The van der Waals surface area contributed by atoms with Gasteiger partial charge in [0.1, 0.15) is 5.82 Å². The largest absolute Gasteiger partial charge is 0.380 e. The van der Waals surface area contributed by atoms with Crippen molar-refractivity contribution in [3.8, 4) is 22.3 Å². The van der Waals surface area contributed by atoms with E-state index >= 15 is 0 Å². The van der Waals surface area contributed by atoms with E-state index in [0.717, 1.165) is 42.8 Å². The third-order valence-corrected chi connectivity index (χ3v) is 8.87. The highest BCUT2D eigenvalue weighted by molar-refractivity contribution is 5.92. The lowest BCUT2D eigenvalue weighted by Gasteiger charge is -2.19. The van der Waals surface area contributed by atoms with Crippen LogP contribution in [0.2, 0.25) is 0 Å². The fraction of sp³-hybridized carbons (Fsp3) is 0.303. The van der Waals surface area contributed by atoms with Gasteiger partial charge in [-0.1, -0.05) is 42.5 Å². The van der Waals surface area contributed by atoms with Crippen LogP contribution in [0, 0.1) is 0 Å². The maximum absolute atomic E-state index is 4.84. The fourth-order valence-electron chi connectivity index (χ4n) is 6.75. The molecule has 4 heterocycles. The second kappa shape index (κ2) is 8.97. The summed E-state index contributed by atoms with van der Waals surface area (Å²) in [6, 6.07) is 28.6. The monoisotopic (exact) mass is 499 g/mol. The van der Waals surface area contributed by atoms with Crippen LogP contribution in [-0.4, -0.2) is 35.1 Å². The van der Waals surface area contributed by atoms with Gasteiger partial charge in [-0.2, -0.15) is 0 Å². The molecular formula is C33H33N5. The normalized spacial score (nSPS) is 22.8. The molecule has 0 aliphatic carbocycles. The van der Waals surface area contributed by atoms with Crippen LogP contribution in [-0.2, 0) is 6.42 Å². The van der Waals surface area contributed by atoms with Crippen LogP contribution in [0.15, 0.2) is 72.8 Å². The predicted molar refractivity (Wildman–Crippen MR) is 157 cm³/mol. The van der Waals surface area contributed by atoms with E-state index in [2.05, 4.69) is 93.7 Å². The van der Waals surface area contributed by atoms with Gasteiger partial charge in [-0.05, 0) is 114 Å². The minimum absolute atomic E-state index is 0.355. The number of fused-ring (bicyclic) bond motifs is 3. The number of nitrogens with zero attached hydrogens (tertiary/aromatic N) is 1. The highest BCUT2D eigenvalue weighted by atomic mass is 15.1. The number of nitrogens with one attached hydrogen (secondary N) is 4. The van der Waals surface area contributed by atoms with Crippen molar-refractivity contribution in [1.29, 1.82) is 0 Å². The molecule has 0 radical (unpaired) electrons. The molecule has 0 saturated carbocycles. The predicted octanol–water partition coefficient (Wildman–Crippen LogP) is 6.56. The number of aromatic amines is 1. The van der Waals surface area contributed by atoms with Gasteiger partial charge < -0.3 is 20.9 Å². The van der Waals surface area contributed by atoms with E-state index in [4.69, 9.17) is 4.98 Å². The van der Waals surface area contributed by atoms with Crippen molar-refractivity contribution in [1.82, 2.24) is 20.6 Å². The Labute approximate surface area is 223 Å². The summed E-state index contributed by atoms with van der Waals surface area (Å²) >= 11 is 0. The first kappa shape index (κ1) is 22.3. The van der Waals surface area contributed by atoms with Gasteiger partial charge in [0, 0.05) is 17.8 Å². The smallest absolute Gasteiger partial charge is 0.124 e. The van der Waals surface area contributed by atoms with E-state index in [-0.39, 0.29) is 0 Å². The molecule has 1 aromatic heterocycles. The first-order chi connectivity index (χ1) is 18.8. The SMILES string of the molecule is c1cc2c(cc1-c1ccc3cc(-c4ccc5nc([C@@H]6CCCN6)[nH]c5c4)ccc3c1)NC([C@@H]1CCCN1)C2. The van der Waals surface area contributed by atoms with Gasteiger partial charge in [-0.3, -0.25) is 0 Å². The summed E-state index contributed by atoms with van der Waals surface area (Å²) in [4.78, 5) is 8.40. The molecular weight excluding hydrogens is 466 g/mol. The van der Waals surface area contributed by atoms with Crippen LogP contribution in [0.5, 0.6) is 0 Å². The Hall–Kier alpha value is -3.67. The summed E-state index contributed by atoms with van der Waals surface area (Å²) in [6.07, 6.45) is 6.06. The highest BCUT2D eigenvalue weighted by Gasteiger charge is 2.30. The number of imidazole rings is 1. The van der Waals surface area contributed by atoms with Gasteiger partial charge in [-0.15, -0.1) is 0 Å². The van der Waals surface area contributed by atoms with Crippen molar-refractivity contribution in [3.63, 3.8) is 0 Å². The zero-order chi connectivity index (χ0) is 25.1. The van der Waals surface area contributed by atoms with E-state index in [0.29, 0.717) is 18.1 Å². The van der Waals surface area contributed by atoms with Crippen LogP contribution in [0.1, 0.15) is 43.1 Å². The summed E-state index contributed by atoms with van der Waals surface area (Å²) in [5.74, 6) is 1.06. The number of rotatable bonds is 4. The van der Waals surface area contributed by atoms with Crippen LogP contribution < -0.4 is 16.0 Å². The Morgan fingerprint density at radius 2 is 1.37 bits per heavy atom. The number of hydrogen-bond donors (Lipinski definition) is 4. The van der Waals surface area contributed by atoms with Gasteiger partial charge in [0.15, 0.2) is 0 Å². The summed E-state index contributed by atoms with van der Waals surface area (Å²) < 4.78 is 0. The molecule has 3 atom stereocenters. The molecule has 3 aliphatic rings. The Kier molecular flexibility index (Phi) is 5.27. The van der Waals surface area contributed by atoms with Crippen molar-refractivity contribution in [3.05, 3.63) is 84.2 Å². The molecule has 38 heavy (non-hydrogen) atoms. The van der Waals surface area contributed by atoms with E-state index in [9.17, 15) is 0 Å². The third kappa shape index (κ3) is 3.89. The van der Waals surface area contributed by atoms with Crippen LogP contribution >= 0.6 is 0 Å². The summed E-state index contributed by atoms with van der Waals surface area (Å²) in [7, 11) is 0. The molecule has 2 saturated heterocycles. The topological polar surface area (TPSA) is 64.8 Å². The molecule has 1 unspecified atom stereocenters. The van der Waals surface area contributed by atoms with Crippen LogP contribution in [0.25, 0.3) is 44.1 Å². The highest BCUT2D eigenvalue weighted by Crippen LogP contribution is 2.35. The number of hydrogen-bond acceptors (Lipinski definition) is 4. The maximum Gasteiger partial charge on any atom is 0.124 e. The molecule has 190 valence electrons. The van der Waals surface area contributed by atoms with Gasteiger partial charge in [0.25, 0.3) is 0 Å². The van der Waals surface area contributed by atoms with Crippen LogP contribution in [0.3, 0.4) is 0 Å². The molecule has 8 rings (SSSR count). The maximum atomic E-state index is 4.84. The standard InChI is InChI=1S/C33H33N5/c1-3-27(34-13-1)31-19-26-10-9-24(17-30(26)36-31)22-7-5-21-16-23(8-6-20(21)15-22)25-11-12-28-32(18-25)38-33(37-28)29-4-2-14-35-29/h5-12,15-18,27,29,31,34-36H,1-4,13-14,19H2,(H,37,38)/t27-,29-,31?/m0/s1. The number of benzene rings is 4. The molecule has 5 heteroatoms. The van der Waals surface area contributed by atoms with Gasteiger partial charge in [0.05, 0.1) is 17.1 Å². The van der Waals surface area contributed by atoms with Crippen molar-refractivity contribution in [2.45, 2.75) is 50.2 Å². The lowest BCUT2D eigenvalue weighted by Crippen LogP contribution is -2.38. The Morgan fingerprint density at radius 1 is 0.658 bits per heavy atom.